The summed E-state index contributed by atoms with van der Waals surface area (Å²) in [6.07, 6.45) is -2.23. The third kappa shape index (κ3) is 2.65. The van der Waals surface area contributed by atoms with E-state index in [1.54, 1.807) is 19.9 Å². The zero-order valence-corrected chi connectivity index (χ0v) is 12.1. The molecule has 0 aliphatic heterocycles. The molecule has 2 aromatic heterocycles. The monoisotopic (exact) mass is 312 g/mol. The summed E-state index contributed by atoms with van der Waals surface area (Å²) in [5.41, 5.74) is 1.76. The van der Waals surface area contributed by atoms with E-state index in [1.165, 1.54) is 10.7 Å². The Kier molecular flexibility index (Phi) is 3.34. The van der Waals surface area contributed by atoms with Crippen molar-refractivity contribution in [1.29, 1.82) is 0 Å². The van der Waals surface area contributed by atoms with Crippen molar-refractivity contribution in [2.75, 3.05) is 0 Å². The summed E-state index contributed by atoms with van der Waals surface area (Å²) in [5.74, 6) is -1.32. The number of aryl methyl sites for hydroxylation is 2. The summed E-state index contributed by atoms with van der Waals surface area (Å²) >= 11 is 0. The van der Waals surface area contributed by atoms with Crippen LogP contribution in [0.3, 0.4) is 0 Å². The van der Waals surface area contributed by atoms with Gasteiger partial charge in [0.25, 0.3) is 5.91 Å². The van der Waals surface area contributed by atoms with E-state index in [1.807, 2.05) is 0 Å². The molecule has 118 valence electrons. The number of alkyl halides is 3. The molecule has 0 unspecified atom stereocenters. The zero-order valence-electron chi connectivity index (χ0n) is 12.1. The number of carbonyl (C=O) groups is 1. The summed E-state index contributed by atoms with van der Waals surface area (Å²) < 4.78 is 40.5. The van der Waals surface area contributed by atoms with Crippen molar-refractivity contribution in [3.8, 4) is 0 Å². The van der Waals surface area contributed by atoms with Gasteiger partial charge < -0.3 is 5.32 Å². The Hall–Kier alpha value is -2.12. The third-order valence-electron chi connectivity index (χ3n) is 3.76. The van der Waals surface area contributed by atoms with E-state index in [2.05, 4.69) is 15.4 Å². The van der Waals surface area contributed by atoms with Crippen molar-refractivity contribution in [3.63, 3.8) is 0 Å². The number of fused-ring (bicyclic) bond motifs is 1. The van der Waals surface area contributed by atoms with Gasteiger partial charge in [0, 0.05) is 11.4 Å². The van der Waals surface area contributed by atoms with E-state index in [4.69, 9.17) is 0 Å². The van der Waals surface area contributed by atoms with Crippen molar-refractivity contribution in [3.05, 3.63) is 29.2 Å². The molecule has 8 heteroatoms. The molecule has 1 aliphatic carbocycles. The molecule has 1 N–H and O–H groups in total. The Morgan fingerprint density at radius 2 is 2.09 bits per heavy atom. The molecule has 2 heterocycles. The van der Waals surface area contributed by atoms with E-state index < -0.39 is 24.0 Å². The lowest BCUT2D eigenvalue weighted by Crippen LogP contribution is -2.46. The van der Waals surface area contributed by atoms with Crippen LogP contribution in [0.15, 0.2) is 12.3 Å². The SMILES string of the molecule is Cc1cc(C)n2ncc(C(=O)N[C@H](C3CC3)C(F)(F)F)c2n1. The maximum absolute atomic E-state index is 13.0. The van der Waals surface area contributed by atoms with Crippen molar-refractivity contribution >= 4 is 11.6 Å². The van der Waals surface area contributed by atoms with E-state index in [-0.39, 0.29) is 11.2 Å². The Balaban J connectivity index is 1.92. The van der Waals surface area contributed by atoms with Gasteiger partial charge in [-0.1, -0.05) is 0 Å². The van der Waals surface area contributed by atoms with Gasteiger partial charge in [-0.25, -0.2) is 9.50 Å². The highest BCUT2D eigenvalue weighted by Gasteiger charge is 2.49. The second kappa shape index (κ2) is 4.96. The summed E-state index contributed by atoms with van der Waals surface area (Å²) in [7, 11) is 0. The Morgan fingerprint density at radius 3 is 2.68 bits per heavy atom. The fraction of sp³-hybridized carbons (Fsp3) is 0.500. The number of nitrogens with one attached hydrogen (secondary N) is 1. The van der Waals surface area contributed by atoms with Crippen LogP contribution in [0, 0.1) is 19.8 Å². The minimum atomic E-state index is -4.45. The first-order chi connectivity index (χ1) is 10.3. The quantitative estimate of drug-likeness (QED) is 0.947. The minimum Gasteiger partial charge on any atom is -0.340 e. The summed E-state index contributed by atoms with van der Waals surface area (Å²) in [6.45, 7) is 3.55. The van der Waals surface area contributed by atoms with Crippen LogP contribution >= 0.6 is 0 Å². The first-order valence-electron chi connectivity index (χ1n) is 6.97. The predicted molar refractivity (Wildman–Crippen MR) is 72.5 cm³/mol. The van der Waals surface area contributed by atoms with Gasteiger partial charge in [0.15, 0.2) is 5.65 Å². The molecular formula is C14H15F3N4O. The fourth-order valence-corrected chi connectivity index (χ4v) is 2.55. The number of halogens is 3. The van der Waals surface area contributed by atoms with Crippen LogP contribution in [0.1, 0.15) is 34.6 Å². The smallest absolute Gasteiger partial charge is 0.340 e. The van der Waals surface area contributed by atoms with E-state index >= 15 is 0 Å². The maximum Gasteiger partial charge on any atom is 0.408 e. The highest BCUT2D eigenvalue weighted by atomic mass is 19.4. The number of nitrogens with zero attached hydrogens (tertiary/aromatic N) is 3. The van der Waals surface area contributed by atoms with Crippen molar-refractivity contribution < 1.29 is 18.0 Å². The second-order valence-electron chi connectivity index (χ2n) is 5.66. The molecule has 1 fully saturated rings. The number of amides is 1. The molecular weight excluding hydrogens is 297 g/mol. The second-order valence-corrected chi connectivity index (χ2v) is 5.66. The average Bonchev–Trinajstić information content (AvgIpc) is 3.13. The van der Waals surface area contributed by atoms with Crippen LogP contribution < -0.4 is 5.32 Å². The summed E-state index contributed by atoms with van der Waals surface area (Å²) in [5, 5.41) is 6.12. The van der Waals surface area contributed by atoms with Crippen molar-refractivity contribution in [1.82, 2.24) is 19.9 Å². The normalized spacial score (nSPS) is 16.8. The number of aromatic nitrogens is 3. The van der Waals surface area contributed by atoms with Gasteiger partial charge in [0.1, 0.15) is 11.6 Å². The Bertz CT molecular complexity index is 733. The fourth-order valence-electron chi connectivity index (χ4n) is 2.55. The van der Waals surface area contributed by atoms with Gasteiger partial charge in [0.2, 0.25) is 0 Å². The largest absolute Gasteiger partial charge is 0.408 e. The van der Waals surface area contributed by atoms with Crippen LogP contribution in [0.4, 0.5) is 13.2 Å². The molecule has 1 amide bonds. The number of carbonyl (C=O) groups excluding carboxylic acids is 1. The molecule has 1 saturated carbocycles. The molecule has 0 bridgehead atoms. The van der Waals surface area contributed by atoms with Gasteiger partial charge in [0.05, 0.1) is 6.20 Å². The van der Waals surface area contributed by atoms with Gasteiger partial charge in [-0.3, -0.25) is 4.79 Å². The first-order valence-corrected chi connectivity index (χ1v) is 6.97. The highest BCUT2D eigenvalue weighted by Crippen LogP contribution is 2.40. The molecule has 5 nitrogen and oxygen atoms in total. The molecule has 0 aromatic carbocycles. The molecule has 0 radical (unpaired) electrons. The average molecular weight is 312 g/mol. The minimum absolute atomic E-state index is 0.0571. The molecule has 3 rings (SSSR count). The lowest BCUT2D eigenvalue weighted by Gasteiger charge is -2.20. The lowest BCUT2D eigenvalue weighted by molar-refractivity contribution is -0.158. The van der Waals surface area contributed by atoms with Crippen LogP contribution in [0.25, 0.3) is 5.65 Å². The number of hydrogen-bond acceptors (Lipinski definition) is 3. The van der Waals surface area contributed by atoms with Crippen LogP contribution in [0.2, 0.25) is 0 Å². The van der Waals surface area contributed by atoms with Crippen molar-refractivity contribution in [2.24, 2.45) is 5.92 Å². The third-order valence-corrected chi connectivity index (χ3v) is 3.76. The van der Waals surface area contributed by atoms with Crippen LogP contribution in [-0.2, 0) is 0 Å². The topological polar surface area (TPSA) is 59.3 Å². The molecule has 22 heavy (non-hydrogen) atoms. The summed E-state index contributed by atoms with van der Waals surface area (Å²) in [4.78, 5) is 16.4. The first kappa shape index (κ1) is 14.8. The zero-order chi connectivity index (χ0) is 16.1. The highest BCUT2D eigenvalue weighted by molar-refractivity contribution is 5.99. The molecule has 2 aromatic rings. The lowest BCUT2D eigenvalue weighted by atomic mass is 10.1. The Morgan fingerprint density at radius 1 is 1.41 bits per heavy atom. The molecule has 0 saturated heterocycles. The standard InChI is InChI=1S/C14H15F3N4O/c1-7-5-8(2)21-12(19-7)10(6-18-21)13(22)20-11(9-3-4-9)14(15,16)17/h5-6,9,11H,3-4H2,1-2H3,(H,20,22)/t11-/m1/s1. The summed E-state index contributed by atoms with van der Waals surface area (Å²) in [6, 6.07) is -0.0226. The van der Waals surface area contributed by atoms with Crippen molar-refractivity contribution in [2.45, 2.75) is 38.9 Å². The Labute approximate surface area is 124 Å². The van der Waals surface area contributed by atoms with E-state index in [9.17, 15) is 18.0 Å². The number of rotatable bonds is 3. The van der Waals surface area contributed by atoms with Gasteiger partial charge in [-0.15, -0.1) is 0 Å². The van der Waals surface area contributed by atoms with E-state index in [0.29, 0.717) is 18.5 Å². The molecule has 1 aliphatic rings. The van der Waals surface area contributed by atoms with Gasteiger partial charge >= 0.3 is 6.18 Å². The predicted octanol–water partition coefficient (Wildman–Crippen LogP) is 2.42. The molecule has 0 spiro atoms. The van der Waals surface area contributed by atoms with Crippen LogP contribution in [-0.4, -0.2) is 32.7 Å². The van der Waals surface area contributed by atoms with Crippen LogP contribution in [0.5, 0.6) is 0 Å². The van der Waals surface area contributed by atoms with Gasteiger partial charge in [-0.2, -0.15) is 18.3 Å². The maximum atomic E-state index is 13.0. The van der Waals surface area contributed by atoms with E-state index in [0.717, 1.165) is 5.69 Å². The number of hydrogen-bond donors (Lipinski definition) is 1. The molecule has 1 atom stereocenters. The van der Waals surface area contributed by atoms with Gasteiger partial charge in [-0.05, 0) is 38.7 Å².